The third-order valence-electron chi connectivity index (χ3n) is 6.75. The van der Waals surface area contributed by atoms with Gasteiger partial charge in [-0.2, -0.15) is 5.10 Å². The summed E-state index contributed by atoms with van der Waals surface area (Å²) < 4.78 is 33.7. The highest BCUT2D eigenvalue weighted by molar-refractivity contribution is 6.10. The molecule has 2 atom stereocenters. The zero-order valence-corrected chi connectivity index (χ0v) is 19.9. The van der Waals surface area contributed by atoms with Crippen LogP contribution < -0.4 is 10.2 Å². The molecule has 33 heavy (non-hydrogen) atoms. The van der Waals surface area contributed by atoms with E-state index in [0.29, 0.717) is 11.4 Å². The standard InChI is InChI=1S/C25H28F2N4O2/c1-13-16(9-8-10-19(13)25(5,26)27)14(2)28-22-18-12-21-20(11-17(18)15(3)29-30-22)24(4,33-7)23(32)31(21)6/h8-12,14H,1-7H3,(H,28,30)/t14-,24?/m1/s1. The van der Waals surface area contributed by atoms with Crippen molar-refractivity contribution >= 4 is 28.2 Å². The van der Waals surface area contributed by atoms with E-state index in [9.17, 15) is 13.6 Å². The Morgan fingerprint density at radius 2 is 1.88 bits per heavy atom. The molecule has 1 aliphatic rings. The van der Waals surface area contributed by atoms with Crippen LogP contribution in [0.2, 0.25) is 0 Å². The van der Waals surface area contributed by atoms with Crippen LogP contribution in [0.15, 0.2) is 30.3 Å². The minimum Gasteiger partial charge on any atom is -0.364 e. The number of carbonyl (C=O) groups is 1. The number of nitrogens with one attached hydrogen (secondary N) is 1. The van der Waals surface area contributed by atoms with Crippen molar-refractivity contribution in [2.45, 2.75) is 52.2 Å². The third-order valence-corrected chi connectivity index (χ3v) is 6.75. The van der Waals surface area contributed by atoms with Crippen molar-refractivity contribution in [3.05, 3.63) is 58.3 Å². The first-order valence-corrected chi connectivity index (χ1v) is 10.8. The topological polar surface area (TPSA) is 67.3 Å². The number of carbonyl (C=O) groups excluding carboxylic acids is 1. The Bertz CT molecular complexity index is 1270. The lowest BCUT2D eigenvalue weighted by atomic mass is 9.93. The van der Waals surface area contributed by atoms with Gasteiger partial charge in [0.05, 0.1) is 17.4 Å². The van der Waals surface area contributed by atoms with Crippen LogP contribution in [0.5, 0.6) is 0 Å². The molecule has 0 saturated carbocycles. The summed E-state index contributed by atoms with van der Waals surface area (Å²) in [7, 11) is 3.24. The molecule has 1 N–H and O–H groups in total. The van der Waals surface area contributed by atoms with Crippen molar-refractivity contribution in [3.8, 4) is 0 Å². The summed E-state index contributed by atoms with van der Waals surface area (Å²) in [5, 5.41) is 13.6. The number of ether oxygens (including phenoxy) is 1. The van der Waals surface area contributed by atoms with Crippen molar-refractivity contribution in [2.24, 2.45) is 0 Å². The van der Waals surface area contributed by atoms with E-state index in [0.717, 1.165) is 40.2 Å². The average Bonchev–Trinajstić information content (AvgIpc) is 2.95. The number of hydrogen-bond donors (Lipinski definition) is 1. The number of halogens is 2. The van der Waals surface area contributed by atoms with E-state index >= 15 is 0 Å². The molecule has 4 rings (SSSR count). The van der Waals surface area contributed by atoms with E-state index in [4.69, 9.17) is 4.74 Å². The summed E-state index contributed by atoms with van der Waals surface area (Å²) in [6.45, 7) is 8.13. The molecule has 0 radical (unpaired) electrons. The molecule has 2 heterocycles. The van der Waals surface area contributed by atoms with Crippen LogP contribution in [0.1, 0.15) is 54.8 Å². The fraction of sp³-hybridized carbons (Fsp3) is 0.400. The molecular formula is C25H28F2N4O2. The number of aryl methyl sites for hydroxylation is 1. The molecule has 0 fully saturated rings. The molecule has 2 aromatic carbocycles. The molecule has 174 valence electrons. The predicted octanol–water partition coefficient (Wildman–Crippen LogP) is 5.37. The number of amides is 1. The summed E-state index contributed by atoms with van der Waals surface area (Å²) in [6, 6.07) is 8.47. The first kappa shape index (κ1) is 23.0. The first-order chi connectivity index (χ1) is 15.4. The highest BCUT2D eigenvalue weighted by atomic mass is 19.3. The monoisotopic (exact) mass is 454 g/mol. The van der Waals surface area contributed by atoms with E-state index < -0.39 is 11.5 Å². The minimum absolute atomic E-state index is 0.00491. The van der Waals surface area contributed by atoms with Gasteiger partial charge in [-0.1, -0.05) is 18.2 Å². The van der Waals surface area contributed by atoms with Crippen LogP contribution >= 0.6 is 0 Å². The number of fused-ring (bicyclic) bond motifs is 2. The maximum atomic E-state index is 14.0. The number of methoxy groups -OCH3 is 1. The summed E-state index contributed by atoms with van der Waals surface area (Å²) in [5.41, 5.74) is 2.46. The summed E-state index contributed by atoms with van der Waals surface area (Å²) >= 11 is 0. The van der Waals surface area contributed by atoms with Gasteiger partial charge >= 0.3 is 0 Å². The molecule has 8 heteroatoms. The van der Waals surface area contributed by atoms with E-state index in [1.807, 2.05) is 32.0 Å². The Morgan fingerprint density at radius 1 is 1.18 bits per heavy atom. The smallest absolute Gasteiger partial charge is 0.270 e. The van der Waals surface area contributed by atoms with E-state index in [1.165, 1.54) is 13.2 Å². The fourth-order valence-electron chi connectivity index (χ4n) is 4.71. The zero-order valence-electron chi connectivity index (χ0n) is 19.9. The third kappa shape index (κ3) is 3.53. The van der Waals surface area contributed by atoms with Crippen molar-refractivity contribution in [1.29, 1.82) is 0 Å². The van der Waals surface area contributed by atoms with Gasteiger partial charge in [0.2, 0.25) is 0 Å². The molecule has 1 unspecified atom stereocenters. The average molecular weight is 455 g/mol. The van der Waals surface area contributed by atoms with Crippen LogP contribution in [0.3, 0.4) is 0 Å². The van der Waals surface area contributed by atoms with Gasteiger partial charge in [-0.05, 0) is 51.0 Å². The molecule has 0 saturated heterocycles. The van der Waals surface area contributed by atoms with Gasteiger partial charge < -0.3 is 15.0 Å². The Kier molecular flexibility index (Phi) is 5.40. The molecule has 1 amide bonds. The van der Waals surface area contributed by atoms with Gasteiger partial charge in [0.15, 0.2) is 11.4 Å². The van der Waals surface area contributed by atoms with Crippen molar-refractivity contribution in [3.63, 3.8) is 0 Å². The summed E-state index contributed by atoms with van der Waals surface area (Å²) in [6.07, 6.45) is 0. The van der Waals surface area contributed by atoms with Gasteiger partial charge in [-0.15, -0.1) is 5.10 Å². The minimum atomic E-state index is -2.93. The van der Waals surface area contributed by atoms with Gasteiger partial charge in [-0.25, -0.2) is 8.78 Å². The maximum Gasteiger partial charge on any atom is 0.270 e. The van der Waals surface area contributed by atoms with Crippen LogP contribution in [0.25, 0.3) is 10.8 Å². The Hall–Kier alpha value is -3.13. The molecular weight excluding hydrogens is 426 g/mol. The van der Waals surface area contributed by atoms with Gasteiger partial charge in [0, 0.05) is 43.0 Å². The van der Waals surface area contributed by atoms with E-state index in [2.05, 4.69) is 15.5 Å². The van der Waals surface area contributed by atoms with Crippen LogP contribution in [-0.2, 0) is 21.1 Å². The van der Waals surface area contributed by atoms with Gasteiger partial charge in [0.25, 0.3) is 11.8 Å². The van der Waals surface area contributed by atoms with Crippen LogP contribution in [0.4, 0.5) is 20.3 Å². The number of benzene rings is 2. The summed E-state index contributed by atoms with van der Waals surface area (Å²) in [4.78, 5) is 14.5. The van der Waals surface area contributed by atoms with Crippen LogP contribution in [-0.4, -0.2) is 30.3 Å². The Balaban J connectivity index is 1.81. The lowest BCUT2D eigenvalue weighted by molar-refractivity contribution is -0.137. The SMILES string of the molecule is COC1(C)C(=O)N(C)c2cc3c(N[C@H](C)c4cccc(C(C)(F)F)c4C)nnc(C)c3cc21. The predicted molar refractivity (Wildman–Crippen MR) is 125 cm³/mol. The Morgan fingerprint density at radius 3 is 2.52 bits per heavy atom. The number of nitrogens with zero attached hydrogens (tertiary/aromatic N) is 3. The first-order valence-electron chi connectivity index (χ1n) is 10.8. The summed E-state index contributed by atoms with van der Waals surface area (Å²) in [5.74, 6) is -2.56. The van der Waals surface area contributed by atoms with Crippen molar-refractivity contribution in [1.82, 2.24) is 10.2 Å². The normalized spacial score (nSPS) is 19.2. The second-order valence-corrected chi connectivity index (χ2v) is 8.92. The van der Waals surface area contributed by atoms with Crippen LogP contribution in [0, 0.1) is 13.8 Å². The molecule has 0 aliphatic carbocycles. The number of rotatable bonds is 5. The number of likely N-dealkylation sites (N-methyl/N-ethyl adjacent to an activating group) is 1. The number of alkyl halides is 2. The number of aromatic nitrogens is 2. The quantitative estimate of drug-likeness (QED) is 0.561. The van der Waals surface area contributed by atoms with E-state index in [-0.39, 0.29) is 17.5 Å². The highest BCUT2D eigenvalue weighted by Crippen LogP contribution is 2.45. The van der Waals surface area contributed by atoms with Crippen molar-refractivity contribution < 1.29 is 18.3 Å². The molecule has 1 aliphatic heterocycles. The number of hydrogen-bond acceptors (Lipinski definition) is 5. The highest BCUT2D eigenvalue weighted by Gasteiger charge is 2.47. The molecule has 0 spiro atoms. The van der Waals surface area contributed by atoms with Gasteiger partial charge in [0.1, 0.15) is 0 Å². The molecule has 6 nitrogen and oxygen atoms in total. The molecule has 0 bridgehead atoms. The lowest BCUT2D eigenvalue weighted by Crippen LogP contribution is -2.37. The second kappa shape index (κ2) is 7.73. The maximum absolute atomic E-state index is 14.0. The van der Waals surface area contributed by atoms with Crippen molar-refractivity contribution in [2.75, 3.05) is 24.4 Å². The Labute approximate surface area is 192 Å². The molecule has 1 aromatic heterocycles. The zero-order chi connectivity index (χ0) is 24.3. The molecule has 3 aromatic rings. The lowest BCUT2D eigenvalue weighted by Gasteiger charge is -2.23. The fourth-order valence-corrected chi connectivity index (χ4v) is 4.71. The second-order valence-electron chi connectivity index (χ2n) is 8.92. The number of anilines is 2. The van der Waals surface area contributed by atoms with Gasteiger partial charge in [-0.3, -0.25) is 4.79 Å². The largest absolute Gasteiger partial charge is 0.364 e. The van der Waals surface area contributed by atoms with E-state index in [1.54, 1.807) is 31.9 Å².